The van der Waals surface area contributed by atoms with Crippen LogP contribution in [-0.4, -0.2) is 90.2 Å². The topological polar surface area (TPSA) is 52.6 Å². The van der Waals surface area contributed by atoms with E-state index in [9.17, 15) is 5.11 Å². The molecule has 0 amide bonds. The number of fused-ring (bicyclic) bond motifs is 1. The zero-order chi connectivity index (χ0) is 18.1. The van der Waals surface area contributed by atoms with Gasteiger partial charge in [0, 0.05) is 20.2 Å². The van der Waals surface area contributed by atoms with Crippen LogP contribution in [-0.2, 0) is 4.74 Å². The maximum absolute atomic E-state index is 10.8. The molecule has 26 heavy (non-hydrogen) atoms. The number of aliphatic hydroxyl groups is 1. The van der Waals surface area contributed by atoms with Crippen molar-refractivity contribution in [2.75, 3.05) is 39.5 Å². The number of hydrogen-bond acceptors (Lipinski definition) is 5. The molecule has 0 aromatic carbocycles. The normalized spacial score (nSPS) is 43.5. The van der Waals surface area contributed by atoms with Crippen molar-refractivity contribution in [3.05, 3.63) is 0 Å². The van der Waals surface area contributed by atoms with Crippen LogP contribution in [0.5, 0.6) is 0 Å². The van der Waals surface area contributed by atoms with Gasteiger partial charge in [0.25, 0.3) is 0 Å². The maximum atomic E-state index is 10.8. The molecule has 3 aliphatic heterocycles. The van der Waals surface area contributed by atoms with Gasteiger partial charge in [0.2, 0.25) is 0 Å². The largest absolute Gasteiger partial charge is 0.392 e. The molecule has 4 fully saturated rings. The van der Waals surface area contributed by atoms with Gasteiger partial charge in [0.05, 0.1) is 30.0 Å². The fourth-order valence-electron chi connectivity index (χ4n) is 5.89. The van der Waals surface area contributed by atoms with Crippen LogP contribution in [0.25, 0.3) is 0 Å². The minimum atomic E-state index is -0.162. The van der Waals surface area contributed by atoms with Gasteiger partial charge in [-0.2, -0.15) is 11.8 Å². The summed E-state index contributed by atoms with van der Waals surface area (Å²) >= 11 is 2.18. The number of aliphatic hydroxyl groups excluding tert-OH is 1. The molecule has 4 aliphatic rings. The van der Waals surface area contributed by atoms with E-state index in [1.807, 2.05) is 7.11 Å². The van der Waals surface area contributed by atoms with E-state index in [1.54, 1.807) is 0 Å². The van der Waals surface area contributed by atoms with Crippen molar-refractivity contribution in [2.24, 2.45) is 5.92 Å². The second-order valence-electron chi connectivity index (χ2n) is 9.02. The molecule has 4 unspecified atom stereocenters. The maximum Gasteiger partial charge on any atom is 0.154 e. The van der Waals surface area contributed by atoms with E-state index in [0.717, 1.165) is 56.6 Å². The Morgan fingerprint density at radius 2 is 2.00 bits per heavy atom. The zero-order valence-corrected chi connectivity index (χ0v) is 17.4. The molecule has 3 heterocycles. The molecule has 150 valence electrons. The van der Waals surface area contributed by atoms with E-state index in [2.05, 4.69) is 33.9 Å². The average Bonchev–Trinajstić information content (AvgIpc) is 3.30. The fraction of sp³-hybridized carbons (Fsp3) is 1.00. The lowest BCUT2D eigenvalue weighted by molar-refractivity contribution is -0.709. The van der Waals surface area contributed by atoms with Crippen molar-refractivity contribution >= 4 is 11.8 Å². The van der Waals surface area contributed by atoms with E-state index >= 15 is 0 Å². The van der Waals surface area contributed by atoms with Crippen molar-refractivity contribution in [1.29, 1.82) is 0 Å². The number of piperidine rings is 1. The highest BCUT2D eigenvalue weighted by Crippen LogP contribution is 2.33. The highest BCUT2D eigenvalue weighted by Gasteiger charge is 2.49. The van der Waals surface area contributed by atoms with Gasteiger partial charge in [0.1, 0.15) is 6.04 Å². The molecule has 1 aliphatic carbocycles. The van der Waals surface area contributed by atoms with Gasteiger partial charge in [-0.3, -0.25) is 4.90 Å². The average molecular weight is 385 g/mol. The highest BCUT2D eigenvalue weighted by atomic mass is 32.2. The number of thioether (sulfide) groups is 1. The first-order valence-corrected chi connectivity index (χ1v) is 11.8. The van der Waals surface area contributed by atoms with Gasteiger partial charge in [-0.1, -0.05) is 0 Å². The van der Waals surface area contributed by atoms with E-state index < -0.39 is 0 Å². The van der Waals surface area contributed by atoms with Crippen molar-refractivity contribution in [3.8, 4) is 0 Å². The van der Waals surface area contributed by atoms with Crippen molar-refractivity contribution in [1.82, 2.24) is 9.80 Å². The van der Waals surface area contributed by atoms with Crippen LogP contribution in [0.2, 0.25) is 0 Å². The number of β-amino-alcohol motifs (C(OH)–C–C–N with tert-alkyl or cyclic N) is 1. The molecule has 3 saturated heterocycles. The molecule has 1 saturated carbocycles. The van der Waals surface area contributed by atoms with Crippen LogP contribution in [0.15, 0.2) is 0 Å². The van der Waals surface area contributed by atoms with Gasteiger partial charge in [-0.15, -0.1) is 0 Å². The number of ether oxygens (including phenoxy) is 1. The van der Waals surface area contributed by atoms with E-state index in [-0.39, 0.29) is 6.10 Å². The minimum Gasteiger partial charge on any atom is -0.392 e. The van der Waals surface area contributed by atoms with Crippen LogP contribution in [0.3, 0.4) is 0 Å². The fourth-order valence-corrected chi connectivity index (χ4v) is 7.34. The Hall–Kier alpha value is 0.150. The van der Waals surface area contributed by atoms with E-state index in [1.165, 1.54) is 25.0 Å². The molecule has 0 aromatic rings. The third kappa shape index (κ3) is 4.11. The number of nitrogens with two attached hydrogens (primary N) is 1. The number of quaternary nitrogens is 1. The predicted molar refractivity (Wildman–Crippen MR) is 106 cm³/mol. The van der Waals surface area contributed by atoms with Crippen molar-refractivity contribution in [2.45, 2.75) is 80.7 Å². The molecular formula is C20H38N3O2S+. The predicted octanol–water partition coefficient (Wildman–Crippen LogP) is 0.726. The van der Waals surface area contributed by atoms with Crippen LogP contribution < -0.4 is 5.32 Å². The number of likely N-dealkylation sites (tertiary alicyclic amines) is 1. The first-order chi connectivity index (χ1) is 12.7. The molecule has 0 bridgehead atoms. The molecule has 0 radical (unpaired) electrons. The quantitative estimate of drug-likeness (QED) is 0.732. The Morgan fingerprint density at radius 3 is 2.69 bits per heavy atom. The van der Waals surface area contributed by atoms with Crippen LogP contribution >= 0.6 is 11.8 Å². The summed E-state index contributed by atoms with van der Waals surface area (Å²) in [6, 6.07) is 1.42. The van der Waals surface area contributed by atoms with E-state index in [0.29, 0.717) is 24.2 Å². The standard InChI is InChI=1S/C20H37N3O2S/c1-22-17-9-10-23(12-16(17)21-20(22)19-4-3-11-26-19)13-18(24)14-5-7-15(25-2)8-6-14/h14-21,24H,3-13H2,1-2H3/p+1/t14?,15?,16?,17?,18-,19?,20?/m1/s1. The third-order valence-electron chi connectivity index (χ3n) is 7.53. The Labute approximate surface area is 163 Å². The molecule has 6 heteroatoms. The summed E-state index contributed by atoms with van der Waals surface area (Å²) in [6.07, 6.45) is 9.44. The summed E-state index contributed by atoms with van der Waals surface area (Å²) in [5.41, 5.74) is 0. The Balaban J connectivity index is 1.27. The van der Waals surface area contributed by atoms with Crippen molar-refractivity contribution in [3.63, 3.8) is 0 Å². The second kappa shape index (κ2) is 8.66. The molecule has 3 N–H and O–H groups in total. The lowest BCUT2D eigenvalue weighted by Crippen LogP contribution is -2.96. The summed E-state index contributed by atoms with van der Waals surface area (Å²) < 4.78 is 5.48. The summed E-state index contributed by atoms with van der Waals surface area (Å²) in [5.74, 6) is 1.82. The molecule has 0 aromatic heterocycles. The first-order valence-electron chi connectivity index (χ1n) is 10.8. The molecular weight excluding hydrogens is 346 g/mol. The van der Waals surface area contributed by atoms with Crippen molar-refractivity contribution < 1.29 is 15.2 Å². The Bertz CT molecular complexity index is 454. The Morgan fingerprint density at radius 1 is 1.19 bits per heavy atom. The monoisotopic (exact) mass is 384 g/mol. The van der Waals surface area contributed by atoms with Gasteiger partial charge in [-0.05, 0) is 63.7 Å². The minimum absolute atomic E-state index is 0.162. The van der Waals surface area contributed by atoms with Gasteiger partial charge in [0.15, 0.2) is 6.17 Å². The number of nitrogens with zero attached hydrogens (tertiary/aromatic N) is 2. The highest BCUT2D eigenvalue weighted by molar-refractivity contribution is 8.00. The van der Waals surface area contributed by atoms with Crippen LogP contribution in [0.1, 0.15) is 44.9 Å². The smallest absolute Gasteiger partial charge is 0.154 e. The van der Waals surface area contributed by atoms with Crippen LogP contribution in [0.4, 0.5) is 0 Å². The number of hydrogen-bond donors (Lipinski definition) is 2. The third-order valence-corrected chi connectivity index (χ3v) is 9.00. The van der Waals surface area contributed by atoms with Crippen LogP contribution in [0, 0.1) is 5.92 Å². The molecule has 5 nitrogen and oxygen atoms in total. The number of rotatable bonds is 5. The van der Waals surface area contributed by atoms with Gasteiger partial charge < -0.3 is 15.2 Å². The van der Waals surface area contributed by atoms with Gasteiger partial charge in [-0.25, -0.2) is 4.90 Å². The molecule has 4 rings (SSSR count). The molecule has 5 atom stereocenters. The zero-order valence-electron chi connectivity index (χ0n) is 16.6. The van der Waals surface area contributed by atoms with Gasteiger partial charge >= 0.3 is 0 Å². The number of likely N-dealkylation sites (N-methyl/N-ethyl adjacent to an activating group) is 1. The summed E-state index contributed by atoms with van der Waals surface area (Å²) in [5, 5.41) is 14.3. The number of methoxy groups -OCH3 is 1. The molecule has 0 spiro atoms. The first kappa shape index (κ1) is 19.5. The summed E-state index contributed by atoms with van der Waals surface area (Å²) in [6.45, 7) is 3.16. The SMILES string of the molecule is COC1CCC([C@H](O)CN2CCC3C(C2)[NH2+]C(C2CCCS2)N3C)CC1. The second-order valence-corrected chi connectivity index (χ2v) is 10.4. The lowest BCUT2D eigenvalue weighted by Gasteiger charge is -2.37. The van der Waals surface area contributed by atoms with E-state index in [4.69, 9.17) is 4.74 Å². The summed E-state index contributed by atoms with van der Waals surface area (Å²) in [4.78, 5) is 5.22. The summed E-state index contributed by atoms with van der Waals surface area (Å²) in [7, 11) is 4.17. The Kier molecular flexibility index (Phi) is 6.49. The lowest BCUT2D eigenvalue weighted by atomic mass is 9.83.